The largest absolute Gasteiger partial charge is 0.514 e. The van der Waals surface area contributed by atoms with Gasteiger partial charge in [-0.05, 0) is 39.0 Å². The molecule has 0 saturated carbocycles. The minimum absolute atomic E-state index is 0.209. The number of carbonyl (C=O) groups is 1. The SMILES string of the molecule is CC(C)(C)OC(=O)Oc1cccc(C(F)(F)F)c1. The van der Waals surface area contributed by atoms with E-state index in [-0.39, 0.29) is 5.75 Å². The van der Waals surface area contributed by atoms with Crippen molar-refractivity contribution in [2.45, 2.75) is 32.5 Å². The normalized spacial score (nSPS) is 12.1. The van der Waals surface area contributed by atoms with Crippen molar-refractivity contribution < 1.29 is 27.4 Å². The summed E-state index contributed by atoms with van der Waals surface area (Å²) in [6, 6.07) is 4.04. The molecule has 0 N–H and O–H groups in total. The van der Waals surface area contributed by atoms with E-state index in [9.17, 15) is 18.0 Å². The minimum Gasteiger partial charge on any atom is -0.428 e. The predicted molar refractivity (Wildman–Crippen MR) is 58.3 cm³/mol. The van der Waals surface area contributed by atoms with Crippen LogP contribution >= 0.6 is 0 Å². The zero-order valence-electron chi connectivity index (χ0n) is 10.2. The Bertz CT molecular complexity index is 433. The summed E-state index contributed by atoms with van der Waals surface area (Å²) in [7, 11) is 0. The highest BCUT2D eigenvalue weighted by molar-refractivity contribution is 5.64. The van der Waals surface area contributed by atoms with Crippen LogP contribution in [-0.2, 0) is 10.9 Å². The second-order valence-corrected chi connectivity index (χ2v) is 4.59. The second kappa shape index (κ2) is 4.88. The lowest BCUT2D eigenvalue weighted by Crippen LogP contribution is -2.26. The summed E-state index contributed by atoms with van der Waals surface area (Å²) >= 11 is 0. The lowest BCUT2D eigenvalue weighted by Gasteiger charge is -2.18. The first-order valence-electron chi connectivity index (χ1n) is 5.16. The maximum atomic E-state index is 12.4. The Labute approximate surface area is 103 Å². The zero-order valence-corrected chi connectivity index (χ0v) is 10.2. The Morgan fingerprint density at radius 3 is 2.28 bits per heavy atom. The first kappa shape index (κ1) is 14.3. The summed E-state index contributed by atoms with van der Waals surface area (Å²) in [6.07, 6.45) is -5.52. The minimum atomic E-state index is -4.48. The molecule has 0 atom stereocenters. The van der Waals surface area contributed by atoms with E-state index >= 15 is 0 Å². The predicted octanol–water partition coefficient (Wildman–Crippen LogP) is 4.02. The third-order valence-electron chi connectivity index (χ3n) is 1.75. The molecule has 0 aliphatic carbocycles. The van der Waals surface area contributed by atoms with Crippen molar-refractivity contribution in [1.82, 2.24) is 0 Å². The maximum Gasteiger partial charge on any atom is 0.514 e. The van der Waals surface area contributed by atoms with Gasteiger partial charge in [0.05, 0.1) is 5.56 Å². The van der Waals surface area contributed by atoms with E-state index in [1.54, 1.807) is 20.8 Å². The molecule has 6 heteroatoms. The van der Waals surface area contributed by atoms with Crippen molar-refractivity contribution in [3.63, 3.8) is 0 Å². The van der Waals surface area contributed by atoms with E-state index in [0.29, 0.717) is 0 Å². The van der Waals surface area contributed by atoms with Crippen molar-refractivity contribution >= 4 is 6.16 Å². The molecule has 0 aliphatic rings. The fraction of sp³-hybridized carbons (Fsp3) is 0.417. The summed E-state index contributed by atoms with van der Waals surface area (Å²) in [6.45, 7) is 4.88. The highest BCUT2D eigenvalue weighted by Crippen LogP contribution is 2.31. The third kappa shape index (κ3) is 4.65. The molecule has 0 saturated heterocycles. The van der Waals surface area contributed by atoms with E-state index < -0.39 is 23.5 Å². The topological polar surface area (TPSA) is 35.5 Å². The highest BCUT2D eigenvalue weighted by atomic mass is 19.4. The summed E-state index contributed by atoms with van der Waals surface area (Å²) in [5.41, 5.74) is -1.65. The van der Waals surface area contributed by atoms with Gasteiger partial charge in [-0.15, -0.1) is 0 Å². The van der Waals surface area contributed by atoms with Gasteiger partial charge in [0, 0.05) is 0 Å². The van der Waals surface area contributed by atoms with Gasteiger partial charge in [-0.25, -0.2) is 4.79 Å². The van der Waals surface area contributed by atoms with Crippen molar-refractivity contribution in [1.29, 1.82) is 0 Å². The van der Waals surface area contributed by atoms with Gasteiger partial charge in [0.2, 0.25) is 0 Å². The van der Waals surface area contributed by atoms with Crippen LogP contribution in [0.5, 0.6) is 5.75 Å². The van der Waals surface area contributed by atoms with Gasteiger partial charge in [0.1, 0.15) is 11.4 Å². The number of ether oxygens (including phenoxy) is 2. The van der Waals surface area contributed by atoms with Crippen LogP contribution < -0.4 is 4.74 Å². The van der Waals surface area contributed by atoms with Crippen LogP contribution in [0.3, 0.4) is 0 Å². The van der Waals surface area contributed by atoms with Gasteiger partial charge < -0.3 is 9.47 Å². The zero-order chi connectivity index (χ0) is 14.0. The van der Waals surface area contributed by atoms with E-state index in [1.807, 2.05) is 0 Å². The van der Waals surface area contributed by atoms with Crippen molar-refractivity contribution in [2.75, 3.05) is 0 Å². The van der Waals surface area contributed by atoms with E-state index in [4.69, 9.17) is 4.74 Å². The van der Waals surface area contributed by atoms with Crippen LogP contribution in [0.4, 0.5) is 18.0 Å². The molecule has 18 heavy (non-hydrogen) atoms. The monoisotopic (exact) mass is 262 g/mol. The molecule has 0 amide bonds. The quantitative estimate of drug-likeness (QED) is 0.566. The Morgan fingerprint density at radius 1 is 1.17 bits per heavy atom. The molecule has 1 rings (SSSR count). The van der Waals surface area contributed by atoms with Gasteiger partial charge in [0.25, 0.3) is 0 Å². The molecule has 0 spiro atoms. The summed E-state index contributed by atoms with van der Waals surface area (Å²) in [5, 5.41) is 0. The van der Waals surface area contributed by atoms with Crippen LogP contribution in [0.1, 0.15) is 26.3 Å². The van der Waals surface area contributed by atoms with Crippen LogP contribution in [0.15, 0.2) is 24.3 Å². The molecule has 100 valence electrons. The maximum absolute atomic E-state index is 12.4. The van der Waals surface area contributed by atoms with Crippen LogP contribution in [0, 0.1) is 0 Å². The molecule has 0 heterocycles. The van der Waals surface area contributed by atoms with E-state index in [0.717, 1.165) is 18.2 Å². The van der Waals surface area contributed by atoms with Gasteiger partial charge in [-0.1, -0.05) is 6.07 Å². The molecular formula is C12H13F3O3. The number of carbonyl (C=O) groups excluding carboxylic acids is 1. The molecule has 0 unspecified atom stereocenters. The second-order valence-electron chi connectivity index (χ2n) is 4.59. The van der Waals surface area contributed by atoms with Gasteiger partial charge in [0.15, 0.2) is 0 Å². The van der Waals surface area contributed by atoms with Crippen molar-refractivity contribution in [3.05, 3.63) is 29.8 Å². The molecule has 1 aromatic rings. The number of rotatable bonds is 1. The third-order valence-corrected chi connectivity index (χ3v) is 1.75. The van der Waals surface area contributed by atoms with Gasteiger partial charge in [-0.3, -0.25) is 0 Å². The van der Waals surface area contributed by atoms with Gasteiger partial charge >= 0.3 is 12.3 Å². The lowest BCUT2D eigenvalue weighted by molar-refractivity contribution is -0.137. The Morgan fingerprint density at radius 2 is 1.78 bits per heavy atom. The molecule has 0 aliphatic heterocycles. The molecular weight excluding hydrogens is 249 g/mol. The molecule has 3 nitrogen and oxygen atoms in total. The molecule has 0 bridgehead atoms. The van der Waals surface area contributed by atoms with Crippen LogP contribution in [0.25, 0.3) is 0 Å². The number of hydrogen-bond acceptors (Lipinski definition) is 3. The summed E-state index contributed by atoms with van der Waals surface area (Å²) < 4.78 is 46.7. The fourth-order valence-corrected chi connectivity index (χ4v) is 1.10. The fourth-order valence-electron chi connectivity index (χ4n) is 1.10. The highest BCUT2D eigenvalue weighted by Gasteiger charge is 2.31. The van der Waals surface area contributed by atoms with Crippen molar-refractivity contribution in [2.24, 2.45) is 0 Å². The summed E-state index contributed by atoms with van der Waals surface area (Å²) in [5.74, 6) is -0.209. The smallest absolute Gasteiger partial charge is 0.428 e. The summed E-state index contributed by atoms with van der Waals surface area (Å²) in [4.78, 5) is 11.3. The van der Waals surface area contributed by atoms with Gasteiger partial charge in [-0.2, -0.15) is 13.2 Å². The lowest BCUT2D eigenvalue weighted by atomic mass is 10.2. The average molecular weight is 262 g/mol. The first-order chi connectivity index (χ1) is 8.08. The number of alkyl halides is 3. The molecule has 0 fully saturated rings. The first-order valence-corrected chi connectivity index (χ1v) is 5.16. The number of benzene rings is 1. The number of hydrogen-bond donors (Lipinski definition) is 0. The number of halogens is 3. The van der Waals surface area contributed by atoms with Crippen LogP contribution in [-0.4, -0.2) is 11.8 Å². The molecule has 1 aromatic carbocycles. The standard InChI is InChI=1S/C12H13F3O3/c1-11(2,3)18-10(16)17-9-6-4-5-8(7-9)12(13,14)15/h4-7H,1-3H3. The molecule has 0 aromatic heterocycles. The Kier molecular flexibility index (Phi) is 3.88. The Hall–Kier alpha value is -1.72. The Balaban J connectivity index is 2.77. The average Bonchev–Trinajstić information content (AvgIpc) is 2.13. The molecule has 0 radical (unpaired) electrons. The van der Waals surface area contributed by atoms with E-state index in [1.165, 1.54) is 6.07 Å². The van der Waals surface area contributed by atoms with Crippen LogP contribution in [0.2, 0.25) is 0 Å². The van der Waals surface area contributed by atoms with Crippen molar-refractivity contribution in [3.8, 4) is 5.75 Å². The van der Waals surface area contributed by atoms with E-state index in [2.05, 4.69) is 4.74 Å².